The highest BCUT2D eigenvalue weighted by Gasteiger charge is 2.22. The van der Waals surface area contributed by atoms with Crippen molar-refractivity contribution in [2.24, 2.45) is 10.9 Å². The van der Waals surface area contributed by atoms with Crippen LogP contribution in [0.5, 0.6) is 0 Å². The quantitative estimate of drug-likeness (QED) is 0.355. The maximum atomic E-state index is 4.83. The summed E-state index contributed by atoms with van der Waals surface area (Å²) in [6.45, 7) is 15.6. The van der Waals surface area contributed by atoms with Gasteiger partial charge in [-0.25, -0.2) is 0 Å². The second-order valence-corrected chi connectivity index (χ2v) is 7.12. The van der Waals surface area contributed by atoms with Gasteiger partial charge in [-0.3, -0.25) is 9.89 Å². The average molecular weight is 451 g/mol. The third-order valence-electron chi connectivity index (χ3n) is 5.17. The molecular formula is C18H38IN5. The molecule has 2 saturated heterocycles. The molecule has 6 heteroatoms. The van der Waals surface area contributed by atoms with E-state index >= 15 is 0 Å². The number of nitrogens with zero attached hydrogens (tertiary/aromatic N) is 3. The summed E-state index contributed by atoms with van der Waals surface area (Å²) in [4.78, 5) is 9.97. The van der Waals surface area contributed by atoms with Gasteiger partial charge >= 0.3 is 0 Å². The van der Waals surface area contributed by atoms with Crippen LogP contribution in [0.2, 0.25) is 0 Å². The number of guanidine groups is 1. The summed E-state index contributed by atoms with van der Waals surface area (Å²) >= 11 is 0. The van der Waals surface area contributed by atoms with Crippen LogP contribution >= 0.6 is 24.0 Å². The van der Waals surface area contributed by atoms with Crippen LogP contribution in [0.25, 0.3) is 0 Å². The minimum absolute atomic E-state index is 0. The van der Waals surface area contributed by atoms with E-state index in [9.17, 15) is 0 Å². The molecule has 0 aliphatic carbocycles. The van der Waals surface area contributed by atoms with Crippen molar-refractivity contribution < 1.29 is 0 Å². The second kappa shape index (κ2) is 12.3. The van der Waals surface area contributed by atoms with Gasteiger partial charge in [0.05, 0.1) is 6.54 Å². The lowest BCUT2D eigenvalue weighted by Gasteiger charge is -2.31. The van der Waals surface area contributed by atoms with Crippen molar-refractivity contribution in [2.75, 3.05) is 52.4 Å². The minimum Gasteiger partial charge on any atom is -0.357 e. The minimum atomic E-state index is 0. The van der Waals surface area contributed by atoms with E-state index in [1.165, 1.54) is 45.3 Å². The van der Waals surface area contributed by atoms with Crippen LogP contribution in [-0.2, 0) is 0 Å². The van der Waals surface area contributed by atoms with Crippen molar-refractivity contribution in [1.82, 2.24) is 20.4 Å². The molecule has 0 aromatic carbocycles. The molecule has 2 atom stereocenters. The van der Waals surface area contributed by atoms with E-state index in [4.69, 9.17) is 4.99 Å². The third-order valence-corrected chi connectivity index (χ3v) is 5.17. The van der Waals surface area contributed by atoms with E-state index in [0.29, 0.717) is 6.04 Å². The van der Waals surface area contributed by atoms with Gasteiger partial charge in [0.15, 0.2) is 5.96 Å². The third kappa shape index (κ3) is 7.44. The van der Waals surface area contributed by atoms with Gasteiger partial charge in [-0.1, -0.05) is 13.8 Å². The van der Waals surface area contributed by atoms with Crippen LogP contribution in [0.3, 0.4) is 0 Å². The number of aliphatic imine (C=N–C) groups is 1. The molecule has 0 radical (unpaired) electrons. The standard InChI is InChI=1S/C18H37N5.HI/c1-4-19-18(21-14-17-9-7-12-23(17)5-2)20-10-13-22-11-6-8-16(3)15-22;/h16-17H,4-15H2,1-3H3,(H2,19,20,21);1H. The number of likely N-dealkylation sites (tertiary alicyclic amines) is 2. The smallest absolute Gasteiger partial charge is 0.191 e. The molecule has 5 nitrogen and oxygen atoms in total. The first kappa shape index (κ1) is 22.0. The Kier molecular flexibility index (Phi) is 11.3. The van der Waals surface area contributed by atoms with Gasteiger partial charge in [0.25, 0.3) is 0 Å². The van der Waals surface area contributed by atoms with Gasteiger partial charge in [-0.2, -0.15) is 0 Å². The van der Waals surface area contributed by atoms with Crippen molar-refractivity contribution in [3.63, 3.8) is 0 Å². The van der Waals surface area contributed by atoms with E-state index in [-0.39, 0.29) is 24.0 Å². The number of rotatable bonds is 7. The van der Waals surface area contributed by atoms with Crippen molar-refractivity contribution in [3.8, 4) is 0 Å². The molecule has 0 amide bonds. The van der Waals surface area contributed by atoms with Crippen LogP contribution in [0, 0.1) is 5.92 Å². The average Bonchev–Trinajstić information content (AvgIpc) is 3.00. The van der Waals surface area contributed by atoms with Crippen LogP contribution in [0.15, 0.2) is 4.99 Å². The number of hydrogen-bond acceptors (Lipinski definition) is 3. The Labute approximate surface area is 166 Å². The first-order chi connectivity index (χ1) is 11.2. The highest BCUT2D eigenvalue weighted by atomic mass is 127. The molecule has 2 fully saturated rings. The lowest BCUT2D eigenvalue weighted by Crippen LogP contribution is -2.44. The molecule has 2 aliphatic rings. The zero-order valence-electron chi connectivity index (χ0n) is 15.9. The predicted molar refractivity (Wildman–Crippen MR) is 115 cm³/mol. The zero-order chi connectivity index (χ0) is 16.5. The Balaban J connectivity index is 0.00000288. The van der Waals surface area contributed by atoms with Crippen LogP contribution in [-0.4, -0.2) is 74.2 Å². The lowest BCUT2D eigenvalue weighted by atomic mass is 10.0. The maximum absolute atomic E-state index is 4.83. The van der Waals surface area contributed by atoms with Gasteiger partial charge in [-0.05, 0) is 58.2 Å². The fourth-order valence-electron chi connectivity index (χ4n) is 3.88. The topological polar surface area (TPSA) is 42.9 Å². The summed E-state index contributed by atoms with van der Waals surface area (Å²) in [6, 6.07) is 0.637. The maximum Gasteiger partial charge on any atom is 0.191 e. The van der Waals surface area contributed by atoms with Crippen LogP contribution in [0.1, 0.15) is 46.5 Å². The Hall–Kier alpha value is -0.0800. The Bertz CT molecular complexity index is 363. The van der Waals surface area contributed by atoms with Gasteiger partial charge in [-0.15, -0.1) is 24.0 Å². The van der Waals surface area contributed by atoms with Crippen molar-refractivity contribution in [3.05, 3.63) is 0 Å². The van der Waals surface area contributed by atoms with Crippen LogP contribution in [0.4, 0.5) is 0 Å². The number of nitrogens with one attached hydrogen (secondary N) is 2. The van der Waals surface area contributed by atoms with Crippen molar-refractivity contribution >= 4 is 29.9 Å². The Morgan fingerprint density at radius 3 is 2.62 bits per heavy atom. The SMILES string of the molecule is CCNC(=NCC1CCCN1CC)NCCN1CCCC(C)C1.I. The molecule has 2 rings (SSSR count). The fourth-order valence-corrected chi connectivity index (χ4v) is 3.88. The van der Waals surface area contributed by atoms with E-state index in [0.717, 1.165) is 44.6 Å². The number of hydrogen-bond donors (Lipinski definition) is 2. The van der Waals surface area contributed by atoms with Gasteiger partial charge in [0.1, 0.15) is 0 Å². The molecule has 0 saturated carbocycles. The summed E-state index contributed by atoms with van der Waals surface area (Å²) in [6.07, 6.45) is 5.36. The normalized spacial score (nSPS) is 26.2. The summed E-state index contributed by atoms with van der Waals surface area (Å²) < 4.78 is 0. The predicted octanol–water partition coefficient (Wildman–Crippen LogP) is 2.38. The molecule has 2 N–H and O–H groups in total. The molecular weight excluding hydrogens is 413 g/mol. The van der Waals surface area contributed by atoms with Gasteiger partial charge in [0.2, 0.25) is 0 Å². The highest BCUT2D eigenvalue weighted by molar-refractivity contribution is 14.0. The first-order valence-electron chi connectivity index (χ1n) is 9.71. The molecule has 2 heterocycles. The molecule has 2 unspecified atom stereocenters. The van der Waals surface area contributed by atoms with Crippen molar-refractivity contribution in [2.45, 2.75) is 52.5 Å². The summed E-state index contributed by atoms with van der Waals surface area (Å²) in [5.74, 6) is 1.84. The number of piperidine rings is 1. The lowest BCUT2D eigenvalue weighted by molar-refractivity contribution is 0.187. The Morgan fingerprint density at radius 2 is 1.92 bits per heavy atom. The molecule has 0 spiro atoms. The molecule has 142 valence electrons. The van der Waals surface area contributed by atoms with E-state index in [2.05, 4.69) is 41.2 Å². The second-order valence-electron chi connectivity index (χ2n) is 7.12. The fraction of sp³-hybridized carbons (Fsp3) is 0.944. The Morgan fingerprint density at radius 1 is 1.12 bits per heavy atom. The van der Waals surface area contributed by atoms with E-state index in [1.807, 2.05) is 0 Å². The molecule has 2 aliphatic heterocycles. The highest BCUT2D eigenvalue weighted by Crippen LogP contribution is 2.16. The monoisotopic (exact) mass is 451 g/mol. The van der Waals surface area contributed by atoms with E-state index in [1.54, 1.807) is 0 Å². The molecule has 24 heavy (non-hydrogen) atoms. The molecule has 0 aromatic rings. The van der Waals surface area contributed by atoms with Gasteiger partial charge < -0.3 is 15.5 Å². The van der Waals surface area contributed by atoms with Crippen LogP contribution < -0.4 is 10.6 Å². The molecule has 0 aromatic heterocycles. The largest absolute Gasteiger partial charge is 0.357 e. The van der Waals surface area contributed by atoms with Gasteiger partial charge in [0, 0.05) is 32.2 Å². The van der Waals surface area contributed by atoms with Crippen molar-refractivity contribution in [1.29, 1.82) is 0 Å². The molecule has 0 bridgehead atoms. The number of likely N-dealkylation sites (N-methyl/N-ethyl adjacent to an activating group) is 1. The van der Waals surface area contributed by atoms with E-state index < -0.39 is 0 Å². The first-order valence-corrected chi connectivity index (χ1v) is 9.71. The summed E-state index contributed by atoms with van der Waals surface area (Å²) in [7, 11) is 0. The summed E-state index contributed by atoms with van der Waals surface area (Å²) in [5, 5.41) is 6.91. The summed E-state index contributed by atoms with van der Waals surface area (Å²) in [5.41, 5.74) is 0. The zero-order valence-corrected chi connectivity index (χ0v) is 18.2. The number of halogens is 1.